The van der Waals surface area contributed by atoms with Gasteiger partial charge in [0.15, 0.2) is 6.61 Å². The molecule has 0 radical (unpaired) electrons. The molecule has 0 saturated carbocycles. The Labute approximate surface area is 230 Å². The van der Waals surface area contributed by atoms with Crippen LogP contribution in [0.4, 0.5) is 5.69 Å². The molecule has 0 aliphatic carbocycles. The number of fused-ring (bicyclic) bond motifs is 1. The molecular formula is C32H37N3O4. The number of benzene rings is 3. The van der Waals surface area contributed by atoms with Gasteiger partial charge in [-0.3, -0.25) is 14.5 Å². The zero-order chi connectivity index (χ0) is 27.4. The molecule has 0 bridgehead atoms. The SMILES string of the molecule is CCc1cc2c(cc1OC)OCC(=O)N2CC(=O)N(C)C(CN1CCCC1)c1ccc(-c2ccccc2)cc1. The first-order valence-corrected chi connectivity index (χ1v) is 13.8. The summed E-state index contributed by atoms with van der Waals surface area (Å²) < 4.78 is 11.2. The summed E-state index contributed by atoms with van der Waals surface area (Å²) in [7, 11) is 3.48. The molecule has 0 N–H and O–H groups in total. The predicted octanol–water partition coefficient (Wildman–Crippen LogP) is 4.95. The summed E-state index contributed by atoms with van der Waals surface area (Å²) in [5.74, 6) is 0.948. The highest BCUT2D eigenvalue weighted by Crippen LogP contribution is 2.38. The second-order valence-electron chi connectivity index (χ2n) is 10.3. The predicted molar refractivity (Wildman–Crippen MR) is 153 cm³/mol. The number of carbonyl (C=O) groups excluding carboxylic acids is 2. The van der Waals surface area contributed by atoms with E-state index in [9.17, 15) is 9.59 Å². The van der Waals surface area contributed by atoms with Gasteiger partial charge in [-0.15, -0.1) is 0 Å². The zero-order valence-electron chi connectivity index (χ0n) is 23.1. The molecule has 0 aromatic heterocycles. The van der Waals surface area contributed by atoms with Gasteiger partial charge in [0.25, 0.3) is 5.91 Å². The summed E-state index contributed by atoms with van der Waals surface area (Å²) >= 11 is 0. The van der Waals surface area contributed by atoms with Gasteiger partial charge in [0.05, 0.1) is 18.8 Å². The molecule has 0 spiro atoms. The summed E-state index contributed by atoms with van der Waals surface area (Å²) in [4.78, 5) is 32.5. The van der Waals surface area contributed by atoms with Gasteiger partial charge in [-0.05, 0) is 60.7 Å². The number of carbonyl (C=O) groups is 2. The van der Waals surface area contributed by atoms with E-state index in [0.29, 0.717) is 11.4 Å². The molecule has 3 aromatic rings. The molecule has 2 aliphatic rings. The Kier molecular flexibility index (Phi) is 8.17. The standard InChI is InChI=1S/C32H37N3O4/c1-4-23-18-27-30(19-29(23)38-3)39-22-32(37)35(27)21-31(36)33(2)28(20-34-16-8-9-17-34)26-14-12-25(13-15-26)24-10-6-5-7-11-24/h5-7,10-15,18-19,28H,4,8-9,16-17,20-22H2,1-3H3. The molecule has 3 aromatic carbocycles. The summed E-state index contributed by atoms with van der Waals surface area (Å²) in [6.07, 6.45) is 3.10. The van der Waals surface area contributed by atoms with Crippen LogP contribution in [-0.2, 0) is 16.0 Å². The zero-order valence-corrected chi connectivity index (χ0v) is 23.1. The van der Waals surface area contributed by atoms with Crippen molar-refractivity contribution in [3.05, 3.63) is 77.9 Å². The Balaban J connectivity index is 1.39. The van der Waals surface area contributed by atoms with Crippen LogP contribution in [-0.4, -0.2) is 68.6 Å². The van der Waals surface area contributed by atoms with Gasteiger partial charge in [0.1, 0.15) is 18.0 Å². The maximum absolute atomic E-state index is 13.8. The highest BCUT2D eigenvalue weighted by molar-refractivity contribution is 6.02. The molecular weight excluding hydrogens is 490 g/mol. The van der Waals surface area contributed by atoms with Gasteiger partial charge < -0.3 is 19.3 Å². The van der Waals surface area contributed by atoms with Gasteiger partial charge in [-0.1, -0.05) is 61.5 Å². The van der Waals surface area contributed by atoms with E-state index in [-0.39, 0.29) is 31.0 Å². The first kappa shape index (κ1) is 26.8. The summed E-state index contributed by atoms with van der Waals surface area (Å²) in [6.45, 7) is 4.73. The molecule has 1 unspecified atom stereocenters. The van der Waals surface area contributed by atoms with E-state index in [0.717, 1.165) is 54.1 Å². The monoisotopic (exact) mass is 527 g/mol. The number of rotatable bonds is 9. The fourth-order valence-corrected chi connectivity index (χ4v) is 5.52. The lowest BCUT2D eigenvalue weighted by Crippen LogP contribution is -2.47. The maximum atomic E-state index is 13.8. The van der Waals surface area contributed by atoms with E-state index in [1.807, 2.05) is 49.2 Å². The molecule has 204 valence electrons. The molecule has 2 heterocycles. The van der Waals surface area contributed by atoms with Crippen molar-refractivity contribution in [1.29, 1.82) is 0 Å². The van der Waals surface area contributed by atoms with Crippen LogP contribution in [0.25, 0.3) is 11.1 Å². The number of nitrogens with zero attached hydrogens (tertiary/aromatic N) is 3. The quantitative estimate of drug-likeness (QED) is 0.394. The molecule has 7 heteroatoms. The van der Waals surface area contributed by atoms with Crippen molar-refractivity contribution in [1.82, 2.24) is 9.80 Å². The second kappa shape index (κ2) is 11.9. The lowest BCUT2D eigenvalue weighted by atomic mass is 9.99. The number of aryl methyl sites for hydroxylation is 1. The molecule has 1 fully saturated rings. The molecule has 1 saturated heterocycles. The number of likely N-dealkylation sites (N-methyl/N-ethyl adjacent to an activating group) is 1. The first-order chi connectivity index (χ1) is 19.0. The number of hydrogen-bond donors (Lipinski definition) is 0. The summed E-state index contributed by atoms with van der Waals surface area (Å²) in [5.41, 5.74) is 4.98. The van der Waals surface area contributed by atoms with Crippen LogP contribution in [0.1, 0.15) is 36.9 Å². The van der Waals surface area contributed by atoms with Crippen LogP contribution >= 0.6 is 0 Å². The summed E-state index contributed by atoms with van der Waals surface area (Å²) in [6, 6.07) is 22.4. The van der Waals surface area contributed by atoms with Gasteiger partial charge in [-0.2, -0.15) is 0 Å². The largest absolute Gasteiger partial charge is 0.496 e. The van der Waals surface area contributed by atoms with E-state index in [2.05, 4.69) is 41.3 Å². The average Bonchev–Trinajstić information content (AvgIpc) is 3.50. The topological polar surface area (TPSA) is 62.3 Å². The van der Waals surface area contributed by atoms with Crippen molar-refractivity contribution in [2.24, 2.45) is 0 Å². The fraction of sp³-hybridized carbons (Fsp3) is 0.375. The highest BCUT2D eigenvalue weighted by atomic mass is 16.5. The van der Waals surface area contributed by atoms with Crippen LogP contribution in [0.15, 0.2) is 66.7 Å². The molecule has 2 amide bonds. The number of ether oxygens (including phenoxy) is 2. The molecule has 5 rings (SSSR count). The Morgan fingerprint density at radius 2 is 1.72 bits per heavy atom. The lowest BCUT2D eigenvalue weighted by Gasteiger charge is -2.35. The van der Waals surface area contributed by atoms with Crippen LogP contribution in [0, 0.1) is 0 Å². The first-order valence-electron chi connectivity index (χ1n) is 13.8. The summed E-state index contributed by atoms with van der Waals surface area (Å²) in [5, 5.41) is 0. The normalized spacial score (nSPS) is 16.0. The van der Waals surface area contributed by atoms with Crippen molar-refractivity contribution in [2.45, 2.75) is 32.2 Å². The maximum Gasteiger partial charge on any atom is 0.265 e. The third kappa shape index (κ3) is 5.78. The minimum atomic E-state index is -0.222. The second-order valence-corrected chi connectivity index (χ2v) is 10.3. The number of amides is 2. The molecule has 2 aliphatic heterocycles. The molecule has 1 atom stereocenters. The Hall–Kier alpha value is -3.84. The Morgan fingerprint density at radius 3 is 2.38 bits per heavy atom. The minimum Gasteiger partial charge on any atom is -0.496 e. The van der Waals surface area contributed by atoms with E-state index in [4.69, 9.17) is 9.47 Å². The van der Waals surface area contributed by atoms with E-state index in [1.54, 1.807) is 12.0 Å². The highest BCUT2D eigenvalue weighted by Gasteiger charge is 2.32. The van der Waals surface area contributed by atoms with Gasteiger partial charge in [0, 0.05) is 19.7 Å². The van der Waals surface area contributed by atoms with E-state index < -0.39 is 0 Å². The van der Waals surface area contributed by atoms with Crippen LogP contribution in [0.5, 0.6) is 11.5 Å². The third-order valence-corrected chi connectivity index (χ3v) is 7.87. The number of hydrogen-bond acceptors (Lipinski definition) is 5. The van der Waals surface area contributed by atoms with Crippen LogP contribution < -0.4 is 14.4 Å². The Morgan fingerprint density at radius 1 is 1.03 bits per heavy atom. The van der Waals surface area contributed by atoms with Crippen molar-refractivity contribution in [3.8, 4) is 22.6 Å². The van der Waals surface area contributed by atoms with E-state index >= 15 is 0 Å². The molecule has 7 nitrogen and oxygen atoms in total. The van der Waals surface area contributed by atoms with Crippen molar-refractivity contribution in [2.75, 3.05) is 51.8 Å². The number of likely N-dealkylation sites (tertiary alicyclic amines) is 1. The van der Waals surface area contributed by atoms with Gasteiger partial charge in [-0.25, -0.2) is 0 Å². The van der Waals surface area contributed by atoms with Crippen molar-refractivity contribution in [3.63, 3.8) is 0 Å². The number of anilines is 1. The van der Waals surface area contributed by atoms with E-state index in [1.165, 1.54) is 12.8 Å². The number of methoxy groups -OCH3 is 1. The smallest absolute Gasteiger partial charge is 0.265 e. The Bertz CT molecular complexity index is 1300. The minimum absolute atomic E-state index is 0.0419. The van der Waals surface area contributed by atoms with Crippen molar-refractivity contribution < 1.29 is 19.1 Å². The average molecular weight is 528 g/mol. The fourth-order valence-electron chi connectivity index (χ4n) is 5.52. The third-order valence-electron chi connectivity index (χ3n) is 7.87. The van der Waals surface area contributed by atoms with Gasteiger partial charge >= 0.3 is 0 Å². The van der Waals surface area contributed by atoms with Crippen molar-refractivity contribution >= 4 is 17.5 Å². The van der Waals surface area contributed by atoms with Crippen LogP contribution in [0.2, 0.25) is 0 Å². The molecule has 39 heavy (non-hydrogen) atoms. The van der Waals surface area contributed by atoms with Gasteiger partial charge in [0.2, 0.25) is 5.91 Å². The lowest BCUT2D eigenvalue weighted by molar-refractivity contribution is -0.133. The van der Waals surface area contributed by atoms with Crippen LogP contribution in [0.3, 0.4) is 0 Å².